The van der Waals surface area contributed by atoms with Crippen LogP contribution in [-0.2, 0) is 0 Å². The lowest BCUT2D eigenvalue weighted by atomic mass is 10.1. The van der Waals surface area contributed by atoms with E-state index >= 15 is 0 Å². The van der Waals surface area contributed by atoms with Crippen molar-refractivity contribution in [2.75, 3.05) is 13.1 Å². The van der Waals surface area contributed by atoms with Crippen molar-refractivity contribution in [2.45, 2.75) is 19.3 Å². The highest BCUT2D eigenvalue weighted by Gasteiger charge is 2.18. The van der Waals surface area contributed by atoms with E-state index in [4.69, 9.17) is 4.74 Å². The average Bonchev–Trinajstić information content (AvgIpc) is 2.48. The molecule has 1 aliphatic rings. The van der Waals surface area contributed by atoms with Crippen LogP contribution >= 0.6 is 0 Å². The Bertz CT molecular complexity index is 583. The summed E-state index contributed by atoms with van der Waals surface area (Å²) in [5.74, 6) is 0.647. The number of ether oxygens (including phenoxy) is 1. The van der Waals surface area contributed by atoms with Crippen molar-refractivity contribution >= 4 is 16.9 Å². The van der Waals surface area contributed by atoms with Crippen molar-refractivity contribution in [2.24, 2.45) is 0 Å². The number of carbonyl (C=O) groups is 1. The molecule has 1 aliphatic heterocycles. The summed E-state index contributed by atoms with van der Waals surface area (Å²) in [4.78, 5) is 13.9. The van der Waals surface area contributed by atoms with Crippen LogP contribution in [0.15, 0.2) is 42.5 Å². The summed E-state index contributed by atoms with van der Waals surface area (Å²) in [7, 11) is 0. The van der Waals surface area contributed by atoms with Crippen LogP contribution < -0.4 is 4.74 Å². The van der Waals surface area contributed by atoms with Crippen LogP contribution in [0.5, 0.6) is 5.75 Å². The Morgan fingerprint density at radius 2 is 1.68 bits per heavy atom. The molecule has 0 radical (unpaired) electrons. The van der Waals surface area contributed by atoms with E-state index < -0.39 is 0 Å². The SMILES string of the molecule is O=C(Oc1cccc2ccccc12)N1CCCCC1. The highest BCUT2D eigenvalue weighted by molar-refractivity contribution is 5.90. The molecular weight excluding hydrogens is 238 g/mol. The Balaban J connectivity index is 1.82. The Labute approximate surface area is 112 Å². The zero-order valence-corrected chi connectivity index (χ0v) is 10.8. The molecule has 98 valence electrons. The molecular formula is C16H17NO2. The van der Waals surface area contributed by atoms with E-state index in [1.807, 2.05) is 42.5 Å². The monoisotopic (exact) mass is 255 g/mol. The number of likely N-dealkylation sites (tertiary alicyclic amines) is 1. The summed E-state index contributed by atoms with van der Waals surface area (Å²) < 4.78 is 5.55. The third kappa shape index (κ3) is 2.55. The van der Waals surface area contributed by atoms with Gasteiger partial charge < -0.3 is 9.64 Å². The fourth-order valence-corrected chi connectivity index (χ4v) is 2.52. The maximum atomic E-state index is 12.1. The number of nitrogens with zero attached hydrogens (tertiary/aromatic N) is 1. The summed E-state index contributed by atoms with van der Waals surface area (Å²) in [5.41, 5.74) is 0. The molecule has 0 aromatic heterocycles. The number of benzene rings is 2. The van der Waals surface area contributed by atoms with Gasteiger partial charge in [0.05, 0.1) is 0 Å². The lowest BCUT2D eigenvalue weighted by Gasteiger charge is -2.25. The molecule has 3 nitrogen and oxygen atoms in total. The Morgan fingerprint density at radius 3 is 2.53 bits per heavy atom. The second-order valence-electron chi connectivity index (χ2n) is 4.89. The van der Waals surface area contributed by atoms with Gasteiger partial charge in [-0.2, -0.15) is 0 Å². The second-order valence-corrected chi connectivity index (χ2v) is 4.89. The molecule has 0 spiro atoms. The predicted octanol–water partition coefficient (Wildman–Crippen LogP) is 3.82. The fraction of sp³-hybridized carbons (Fsp3) is 0.312. The maximum absolute atomic E-state index is 12.1. The first-order valence-electron chi connectivity index (χ1n) is 6.79. The molecule has 0 aliphatic carbocycles. The number of amides is 1. The average molecular weight is 255 g/mol. The van der Waals surface area contributed by atoms with E-state index in [-0.39, 0.29) is 6.09 Å². The Morgan fingerprint density at radius 1 is 0.947 bits per heavy atom. The lowest BCUT2D eigenvalue weighted by molar-refractivity contribution is 0.143. The number of hydrogen-bond donors (Lipinski definition) is 0. The van der Waals surface area contributed by atoms with Crippen molar-refractivity contribution in [1.29, 1.82) is 0 Å². The molecule has 3 heteroatoms. The number of piperidine rings is 1. The molecule has 1 amide bonds. The lowest BCUT2D eigenvalue weighted by Crippen LogP contribution is -2.37. The van der Waals surface area contributed by atoms with Crippen LogP contribution in [0.3, 0.4) is 0 Å². The van der Waals surface area contributed by atoms with Crippen LogP contribution in [0.2, 0.25) is 0 Å². The molecule has 19 heavy (non-hydrogen) atoms. The largest absolute Gasteiger partial charge is 0.415 e. The number of rotatable bonds is 1. The molecule has 3 rings (SSSR count). The smallest absolute Gasteiger partial charge is 0.410 e. The van der Waals surface area contributed by atoms with Gasteiger partial charge >= 0.3 is 6.09 Å². The van der Waals surface area contributed by atoms with E-state index in [0.29, 0.717) is 5.75 Å². The topological polar surface area (TPSA) is 29.5 Å². The second kappa shape index (κ2) is 5.31. The highest BCUT2D eigenvalue weighted by atomic mass is 16.6. The van der Waals surface area contributed by atoms with Gasteiger partial charge in [-0.25, -0.2) is 4.79 Å². The van der Waals surface area contributed by atoms with Gasteiger partial charge in [0.15, 0.2) is 0 Å². The van der Waals surface area contributed by atoms with Crippen molar-refractivity contribution < 1.29 is 9.53 Å². The third-order valence-electron chi connectivity index (χ3n) is 3.56. The minimum absolute atomic E-state index is 0.226. The van der Waals surface area contributed by atoms with Crippen molar-refractivity contribution in [3.8, 4) is 5.75 Å². The van der Waals surface area contributed by atoms with Gasteiger partial charge in [-0.3, -0.25) is 0 Å². The minimum Gasteiger partial charge on any atom is -0.410 e. The van der Waals surface area contributed by atoms with Crippen molar-refractivity contribution in [1.82, 2.24) is 4.90 Å². The van der Waals surface area contributed by atoms with Gasteiger partial charge in [0.1, 0.15) is 5.75 Å². The zero-order chi connectivity index (χ0) is 13.1. The number of hydrogen-bond acceptors (Lipinski definition) is 2. The fourth-order valence-electron chi connectivity index (χ4n) is 2.52. The van der Waals surface area contributed by atoms with Crippen molar-refractivity contribution in [3.05, 3.63) is 42.5 Å². The molecule has 0 atom stereocenters. The van der Waals surface area contributed by atoms with E-state index in [1.54, 1.807) is 4.90 Å². The summed E-state index contributed by atoms with van der Waals surface area (Å²) in [6.07, 6.45) is 3.13. The van der Waals surface area contributed by atoms with E-state index in [9.17, 15) is 4.79 Å². The van der Waals surface area contributed by atoms with Crippen LogP contribution in [0, 0.1) is 0 Å². The Hall–Kier alpha value is -2.03. The zero-order valence-electron chi connectivity index (χ0n) is 10.8. The first kappa shape index (κ1) is 12.0. The van der Waals surface area contributed by atoms with Crippen LogP contribution in [0.1, 0.15) is 19.3 Å². The molecule has 1 heterocycles. The molecule has 0 N–H and O–H groups in total. The first-order valence-corrected chi connectivity index (χ1v) is 6.79. The van der Waals surface area contributed by atoms with Gasteiger partial charge in [0, 0.05) is 18.5 Å². The van der Waals surface area contributed by atoms with Crippen LogP contribution in [0.4, 0.5) is 4.79 Å². The molecule has 1 fully saturated rings. The summed E-state index contributed by atoms with van der Waals surface area (Å²) in [5, 5.41) is 2.07. The quantitative estimate of drug-likeness (QED) is 0.775. The van der Waals surface area contributed by atoms with E-state index in [2.05, 4.69) is 0 Å². The predicted molar refractivity (Wildman–Crippen MR) is 75.4 cm³/mol. The van der Waals surface area contributed by atoms with Crippen molar-refractivity contribution in [3.63, 3.8) is 0 Å². The molecule has 1 saturated heterocycles. The standard InChI is InChI=1S/C16H17NO2/c18-16(17-11-4-1-5-12-17)19-15-10-6-8-13-7-2-3-9-14(13)15/h2-3,6-10H,1,4-5,11-12H2. The molecule has 2 aromatic rings. The van der Waals surface area contributed by atoms with Gasteiger partial charge in [0.25, 0.3) is 0 Å². The third-order valence-corrected chi connectivity index (χ3v) is 3.56. The Kier molecular flexibility index (Phi) is 3.36. The van der Waals surface area contributed by atoms with Gasteiger partial charge in [0.2, 0.25) is 0 Å². The van der Waals surface area contributed by atoms with Gasteiger partial charge in [-0.15, -0.1) is 0 Å². The van der Waals surface area contributed by atoms with Crippen LogP contribution in [-0.4, -0.2) is 24.1 Å². The van der Waals surface area contributed by atoms with E-state index in [0.717, 1.165) is 36.7 Å². The van der Waals surface area contributed by atoms with E-state index in [1.165, 1.54) is 6.42 Å². The molecule has 0 bridgehead atoms. The maximum Gasteiger partial charge on any atom is 0.415 e. The highest BCUT2D eigenvalue weighted by Crippen LogP contribution is 2.26. The minimum atomic E-state index is -0.226. The molecule has 0 unspecified atom stereocenters. The molecule has 2 aromatic carbocycles. The van der Waals surface area contributed by atoms with Gasteiger partial charge in [-0.05, 0) is 30.7 Å². The summed E-state index contributed by atoms with van der Waals surface area (Å²) in [6, 6.07) is 13.7. The number of fused-ring (bicyclic) bond motifs is 1. The number of carbonyl (C=O) groups excluding carboxylic acids is 1. The normalized spacial score (nSPS) is 15.5. The van der Waals surface area contributed by atoms with Gasteiger partial charge in [-0.1, -0.05) is 36.4 Å². The van der Waals surface area contributed by atoms with Crippen LogP contribution in [0.25, 0.3) is 10.8 Å². The molecule has 0 saturated carbocycles. The summed E-state index contributed by atoms with van der Waals surface area (Å²) >= 11 is 0. The first-order chi connectivity index (χ1) is 9.34. The summed E-state index contributed by atoms with van der Waals surface area (Å²) in [6.45, 7) is 1.62.